The Kier molecular flexibility index (Phi) is 5.35. The summed E-state index contributed by atoms with van der Waals surface area (Å²) in [6.45, 7) is 6.17. The van der Waals surface area contributed by atoms with Crippen LogP contribution in [-0.2, 0) is 4.79 Å². The SMILES string of the molecule is CCC1CCN(C(C)C(=O)Nc2cccc(C#N)c2)CC1. The second-order valence-electron chi connectivity index (χ2n) is 5.75. The Hall–Kier alpha value is -1.86. The number of rotatable bonds is 4. The Labute approximate surface area is 126 Å². The highest BCUT2D eigenvalue weighted by Crippen LogP contribution is 2.22. The average molecular weight is 285 g/mol. The number of hydrogen-bond acceptors (Lipinski definition) is 3. The zero-order chi connectivity index (χ0) is 15.2. The van der Waals surface area contributed by atoms with Crippen LogP contribution in [0.4, 0.5) is 5.69 Å². The van der Waals surface area contributed by atoms with Crippen molar-refractivity contribution in [3.05, 3.63) is 29.8 Å². The number of anilines is 1. The average Bonchev–Trinajstić information content (AvgIpc) is 2.54. The van der Waals surface area contributed by atoms with Crippen LogP contribution >= 0.6 is 0 Å². The topological polar surface area (TPSA) is 56.1 Å². The van der Waals surface area contributed by atoms with Crippen LogP contribution in [0.1, 0.15) is 38.7 Å². The highest BCUT2D eigenvalue weighted by atomic mass is 16.2. The van der Waals surface area contributed by atoms with Crippen molar-refractivity contribution in [3.63, 3.8) is 0 Å². The summed E-state index contributed by atoms with van der Waals surface area (Å²) < 4.78 is 0. The summed E-state index contributed by atoms with van der Waals surface area (Å²) in [5.41, 5.74) is 1.25. The molecule has 0 saturated carbocycles. The van der Waals surface area contributed by atoms with Crippen molar-refractivity contribution in [1.29, 1.82) is 5.26 Å². The summed E-state index contributed by atoms with van der Waals surface area (Å²) in [5, 5.41) is 11.8. The quantitative estimate of drug-likeness (QED) is 0.925. The lowest BCUT2D eigenvalue weighted by Gasteiger charge is -2.35. The van der Waals surface area contributed by atoms with E-state index in [9.17, 15) is 4.79 Å². The number of carbonyl (C=O) groups is 1. The van der Waals surface area contributed by atoms with Gasteiger partial charge in [0.15, 0.2) is 0 Å². The van der Waals surface area contributed by atoms with Crippen molar-refractivity contribution in [1.82, 2.24) is 4.90 Å². The van der Waals surface area contributed by atoms with Gasteiger partial charge < -0.3 is 5.32 Å². The van der Waals surface area contributed by atoms with Crippen molar-refractivity contribution in [2.75, 3.05) is 18.4 Å². The molecule has 0 aliphatic carbocycles. The van der Waals surface area contributed by atoms with Crippen molar-refractivity contribution in [2.45, 2.75) is 39.2 Å². The van der Waals surface area contributed by atoms with Gasteiger partial charge in [0.2, 0.25) is 5.91 Å². The Morgan fingerprint density at radius 1 is 1.48 bits per heavy atom. The minimum atomic E-state index is -0.131. The molecular weight excluding hydrogens is 262 g/mol. The van der Waals surface area contributed by atoms with Gasteiger partial charge in [0, 0.05) is 5.69 Å². The van der Waals surface area contributed by atoms with Gasteiger partial charge in [-0.3, -0.25) is 9.69 Å². The number of hydrogen-bond donors (Lipinski definition) is 1. The van der Waals surface area contributed by atoms with E-state index in [1.807, 2.05) is 13.0 Å². The summed E-state index contributed by atoms with van der Waals surface area (Å²) in [4.78, 5) is 14.6. The van der Waals surface area contributed by atoms with E-state index >= 15 is 0 Å². The molecular formula is C17H23N3O. The predicted octanol–water partition coefficient (Wildman–Crippen LogP) is 3.01. The van der Waals surface area contributed by atoms with Crippen molar-refractivity contribution in [3.8, 4) is 6.07 Å². The molecule has 2 rings (SSSR count). The standard InChI is InChI=1S/C17H23N3O/c1-3-14-7-9-20(10-8-14)13(2)17(21)19-16-6-4-5-15(11-16)12-18/h4-6,11,13-14H,3,7-10H2,1-2H3,(H,19,21). The Balaban J connectivity index is 1.92. The third-order valence-corrected chi connectivity index (χ3v) is 4.41. The molecule has 1 unspecified atom stereocenters. The maximum absolute atomic E-state index is 12.3. The van der Waals surface area contributed by atoms with Gasteiger partial charge in [-0.2, -0.15) is 5.26 Å². The number of carbonyl (C=O) groups excluding carboxylic acids is 1. The summed E-state index contributed by atoms with van der Waals surface area (Å²) >= 11 is 0. The van der Waals surface area contributed by atoms with Crippen molar-refractivity contribution < 1.29 is 4.79 Å². The zero-order valence-electron chi connectivity index (χ0n) is 12.8. The summed E-state index contributed by atoms with van der Waals surface area (Å²) in [5.74, 6) is 0.809. The molecule has 1 amide bonds. The van der Waals surface area contributed by atoms with Crippen LogP contribution in [0.15, 0.2) is 24.3 Å². The van der Waals surface area contributed by atoms with Gasteiger partial charge in [0.05, 0.1) is 17.7 Å². The lowest BCUT2D eigenvalue weighted by atomic mass is 9.93. The molecule has 1 aromatic carbocycles. The highest BCUT2D eigenvalue weighted by molar-refractivity contribution is 5.94. The second kappa shape index (κ2) is 7.24. The molecule has 1 aliphatic heterocycles. The van der Waals surface area contributed by atoms with Crippen LogP contribution in [0, 0.1) is 17.2 Å². The van der Waals surface area contributed by atoms with E-state index < -0.39 is 0 Å². The molecule has 0 radical (unpaired) electrons. The lowest BCUT2D eigenvalue weighted by Crippen LogP contribution is -2.46. The molecule has 0 bridgehead atoms. The molecule has 21 heavy (non-hydrogen) atoms. The fourth-order valence-corrected chi connectivity index (χ4v) is 2.83. The maximum Gasteiger partial charge on any atom is 0.241 e. The molecule has 4 nitrogen and oxygen atoms in total. The van der Waals surface area contributed by atoms with Crippen LogP contribution < -0.4 is 5.32 Å². The molecule has 1 heterocycles. The fraction of sp³-hybridized carbons (Fsp3) is 0.529. The van der Waals surface area contributed by atoms with Gasteiger partial charge in [-0.1, -0.05) is 19.4 Å². The van der Waals surface area contributed by atoms with Gasteiger partial charge in [-0.15, -0.1) is 0 Å². The highest BCUT2D eigenvalue weighted by Gasteiger charge is 2.25. The van der Waals surface area contributed by atoms with E-state index in [2.05, 4.69) is 23.2 Å². The smallest absolute Gasteiger partial charge is 0.241 e. The van der Waals surface area contributed by atoms with Gasteiger partial charge in [-0.05, 0) is 57.0 Å². The molecule has 1 atom stereocenters. The van der Waals surface area contributed by atoms with Crippen LogP contribution in [0.5, 0.6) is 0 Å². The molecule has 4 heteroatoms. The minimum absolute atomic E-state index is 0.0000354. The number of nitrogens with one attached hydrogen (secondary N) is 1. The van der Waals surface area contributed by atoms with Gasteiger partial charge in [0.25, 0.3) is 0 Å². The Morgan fingerprint density at radius 3 is 2.81 bits per heavy atom. The van der Waals surface area contributed by atoms with E-state index in [-0.39, 0.29) is 11.9 Å². The molecule has 1 aliphatic rings. The van der Waals surface area contributed by atoms with Crippen LogP contribution in [-0.4, -0.2) is 29.9 Å². The van der Waals surface area contributed by atoms with Crippen molar-refractivity contribution in [2.24, 2.45) is 5.92 Å². The largest absolute Gasteiger partial charge is 0.325 e. The predicted molar refractivity (Wildman–Crippen MR) is 83.8 cm³/mol. The molecule has 1 N–H and O–H groups in total. The molecule has 0 aromatic heterocycles. The minimum Gasteiger partial charge on any atom is -0.325 e. The number of benzene rings is 1. The van der Waals surface area contributed by atoms with Gasteiger partial charge >= 0.3 is 0 Å². The normalized spacial score (nSPS) is 18.0. The monoisotopic (exact) mass is 285 g/mol. The summed E-state index contributed by atoms with van der Waals surface area (Å²) in [7, 11) is 0. The van der Waals surface area contributed by atoms with Gasteiger partial charge in [-0.25, -0.2) is 0 Å². The Morgan fingerprint density at radius 2 is 2.19 bits per heavy atom. The molecule has 1 fully saturated rings. The van der Waals surface area contributed by atoms with E-state index in [0.29, 0.717) is 11.3 Å². The van der Waals surface area contributed by atoms with Crippen LogP contribution in [0.2, 0.25) is 0 Å². The first-order valence-electron chi connectivity index (χ1n) is 7.69. The number of piperidine rings is 1. The zero-order valence-corrected chi connectivity index (χ0v) is 12.8. The first kappa shape index (κ1) is 15.5. The summed E-state index contributed by atoms with van der Waals surface area (Å²) in [6, 6.07) is 8.98. The van der Waals surface area contributed by atoms with Crippen LogP contribution in [0.25, 0.3) is 0 Å². The molecule has 1 aromatic rings. The first-order valence-corrected chi connectivity index (χ1v) is 7.69. The third kappa shape index (κ3) is 4.05. The van der Waals surface area contributed by atoms with E-state index in [0.717, 1.165) is 19.0 Å². The maximum atomic E-state index is 12.3. The molecule has 112 valence electrons. The van der Waals surface area contributed by atoms with Gasteiger partial charge in [0.1, 0.15) is 0 Å². The second-order valence-corrected chi connectivity index (χ2v) is 5.75. The van der Waals surface area contributed by atoms with E-state index in [1.165, 1.54) is 19.3 Å². The van der Waals surface area contributed by atoms with Crippen molar-refractivity contribution >= 4 is 11.6 Å². The summed E-state index contributed by atoms with van der Waals surface area (Å²) in [6.07, 6.45) is 3.59. The lowest BCUT2D eigenvalue weighted by molar-refractivity contribution is -0.121. The first-order chi connectivity index (χ1) is 10.1. The fourth-order valence-electron chi connectivity index (χ4n) is 2.83. The number of amides is 1. The van der Waals surface area contributed by atoms with Crippen LogP contribution in [0.3, 0.4) is 0 Å². The third-order valence-electron chi connectivity index (χ3n) is 4.41. The number of likely N-dealkylation sites (tertiary alicyclic amines) is 1. The number of nitrogens with zero attached hydrogens (tertiary/aromatic N) is 2. The molecule has 0 spiro atoms. The Bertz CT molecular complexity index is 527. The number of nitriles is 1. The van der Waals surface area contributed by atoms with E-state index in [4.69, 9.17) is 5.26 Å². The van der Waals surface area contributed by atoms with E-state index in [1.54, 1.807) is 18.2 Å². The molecule has 1 saturated heterocycles.